The lowest BCUT2D eigenvalue weighted by molar-refractivity contribution is -0.125. The number of nitrogens with one attached hydrogen (secondary N) is 1. The molecule has 2 aromatic heterocycles. The molecule has 1 saturated heterocycles. The van der Waals surface area contributed by atoms with Crippen molar-refractivity contribution in [1.82, 2.24) is 19.9 Å². The number of hydrogen-bond donors (Lipinski definition) is 1. The Morgan fingerprint density at radius 2 is 1.66 bits per heavy atom. The minimum Gasteiger partial charge on any atom is -0.356 e. The quantitative estimate of drug-likeness (QED) is 0.428. The highest BCUT2D eigenvalue weighted by Crippen LogP contribution is 2.27. The van der Waals surface area contributed by atoms with E-state index in [4.69, 9.17) is 10.1 Å². The number of carbonyl (C=O) groups excluding carboxylic acids is 1. The van der Waals surface area contributed by atoms with E-state index in [9.17, 15) is 4.79 Å². The number of benzene rings is 2. The van der Waals surface area contributed by atoms with Crippen LogP contribution in [0.5, 0.6) is 0 Å². The van der Waals surface area contributed by atoms with Gasteiger partial charge in [0, 0.05) is 48.9 Å². The molecular weight excluding hydrogens is 434 g/mol. The number of nitrogens with zero attached hydrogens (tertiary/aromatic N) is 4. The van der Waals surface area contributed by atoms with E-state index in [1.807, 2.05) is 11.4 Å². The van der Waals surface area contributed by atoms with Gasteiger partial charge in [0.25, 0.3) is 0 Å². The fraction of sp³-hybridized carbons (Fsp3) is 0.345. The summed E-state index contributed by atoms with van der Waals surface area (Å²) in [6.45, 7) is 8.49. The molecule has 0 spiro atoms. The topological polar surface area (TPSA) is 62.5 Å². The third-order valence-corrected chi connectivity index (χ3v) is 6.97. The number of fused-ring (bicyclic) bond motifs is 1. The van der Waals surface area contributed by atoms with Gasteiger partial charge in [0.05, 0.1) is 5.69 Å². The molecular formula is C29H33N5O. The third kappa shape index (κ3) is 5.06. The first-order chi connectivity index (χ1) is 17.0. The maximum absolute atomic E-state index is 12.8. The fourth-order valence-corrected chi connectivity index (χ4v) is 4.77. The van der Waals surface area contributed by atoms with Crippen LogP contribution in [-0.4, -0.2) is 33.6 Å². The van der Waals surface area contributed by atoms with Crippen molar-refractivity contribution in [2.24, 2.45) is 5.92 Å². The van der Waals surface area contributed by atoms with Crippen LogP contribution >= 0.6 is 0 Å². The molecule has 1 N–H and O–H groups in total. The minimum absolute atomic E-state index is 0.0420. The van der Waals surface area contributed by atoms with E-state index in [1.54, 1.807) is 0 Å². The van der Waals surface area contributed by atoms with Crippen LogP contribution in [-0.2, 0) is 17.8 Å². The molecule has 6 nitrogen and oxygen atoms in total. The molecule has 0 radical (unpaired) electrons. The fourth-order valence-electron chi connectivity index (χ4n) is 4.77. The van der Waals surface area contributed by atoms with Gasteiger partial charge in [-0.05, 0) is 44.2 Å². The van der Waals surface area contributed by atoms with E-state index in [-0.39, 0.29) is 11.8 Å². The van der Waals surface area contributed by atoms with Gasteiger partial charge in [0.15, 0.2) is 5.65 Å². The summed E-state index contributed by atoms with van der Waals surface area (Å²) >= 11 is 0. The van der Waals surface area contributed by atoms with E-state index in [1.165, 1.54) is 11.1 Å². The van der Waals surface area contributed by atoms with Gasteiger partial charge in [0.2, 0.25) is 5.91 Å². The predicted molar refractivity (Wildman–Crippen MR) is 141 cm³/mol. The van der Waals surface area contributed by atoms with Crippen LogP contribution < -0.4 is 10.2 Å². The molecule has 1 aliphatic heterocycles. The molecule has 1 aliphatic rings. The average molecular weight is 468 g/mol. The van der Waals surface area contributed by atoms with Gasteiger partial charge in [-0.3, -0.25) is 4.79 Å². The van der Waals surface area contributed by atoms with Crippen molar-refractivity contribution in [3.63, 3.8) is 0 Å². The largest absolute Gasteiger partial charge is 0.356 e. The van der Waals surface area contributed by atoms with Crippen molar-refractivity contribution in [2.75, 3.05) is 18.0 Å². The molecule has 1 amide bonds. The summed E-state index contributed by atoms with van der Waals surface area (Å²) in [6, 6.07) is 21.0. The molecule has 1 fully saturated rings. The molecule has 0 saturated carbocycles. The normalized spacial score (nSPS) is 14.4. The summed E-state index contributed by atoms with van der Waals surface area (Å²) in [5, 5.41) is 8.03. The summed E-state index contributed by atoms with van der Waals surface area (Å²) in [5.74, 6) is 1.24. The predicted octanol–water partition coefficient (Wildman–Crippen LogP) is 5.11. The Balaban J connectivity index is 1.26. The Bertz CT molecular complexity index is 1320. The first-order valence-corrected chi connectivity index (χ1v) is 12.5. The van der Waals surface area contributed by atoms with E-state index in [0.717, 1.165) is 66.3 Å². The Kier molecular flexibility index (Phi) is 6.53. The highest BCUT2D eigenvalue weighted by molar-refractivity contribution is 5.79. The zero-order valence-corrected chi connectivity index (χ0v) is 20.8. The van der Waals surface area contributed by atoms with Crippen LogP contribution in [0.25, 0.3) is 16.9 Å². The zero-order valence-electron chi connectivity index (χ0n) is 20.8. The molecule has 5 rings (SSSR count). The second-order valence-electron chi connectivity index (χ2n) is 9.57. The smallest absolute Gasteiger partial charge is 0.223 e. The minimum atomic E-state index is 0.0420. The first kappa shape index (κ1) is 23.1. The molecule has 2 aromatic carbocycles. The summed E-state index contributed by atoms with van der Waals surface area (Å²) in [6.07, 6.45) is 2.69. The van der Waals surface area contributed by atoms with Crippen molar-refractivity contribution in [2.45, 2.75) is 46.6 Å². The highest BCUT2D eigenvalue weighted by Gasteiger charge is 2.26. The average Bonchev–Trinajstić information content (AvgIpc) is 3.31. The van der Waals surface area contributed by atoms with Crippen molar-refractivity contribution >= 4 is 17.4 Å². The van der Waals surface area contributed by atoms with Crippen molar-refractivity contribution in [3.8, 4) is 11.3 Å². The van der Waals surface area contributed by atoms with E-state index >= 15 is 0 Å². The SMILES string of the molecule is CCc1ccc(CNC(=O)C2CCN(c3cc(C)nc4cc(-c5ccc(C)cc5)nn34)CC2)cc1. The molecule has 35 heavy (non-hydrogen) atoms. The molecule has 4 aromatic rings. The van der Waals surface area contributed by atoms with Crippen LogP contribution in [0, 0.1) is 19.8 Å². The van der Waals surface area contributed by atoms with E-state index in [2.05, 4.69) is 84.7 Å². The molecule has 180 valence electrons. The van der Waals surface area contributed by atoms with Crippen molar-refractivity contribution < 1.29 is 4.79 Å². The van der Waals surface area contributed by atoms with Gasteiger partial charge in [-0.15, -0.1) is 0 Å². The number of hydrogen-bond acceptors (Lipinski definition) is 4. The lowest BCUT2D eigenvalue weighted by Crippen LogP contribution is -2.41. The Morgan fingerprint density at radius 3 is 2.34 bits per heavy atom. The van der Waals surface area contributed by atoms with Gasteiger partial charge in [-0.25, -0.2) is 4.98 Å². The van der Waals surface area contributed by atoms with Crippen LogP contribution in [0.3, 0.4) is 0 Å². The van der Waals surface area contributed by atoms with Crippen molar-refractivity contribution in [3.05, 3.63) is 83.0 Å². The molecule has 0 aliphatic carbocycles. The van der Waals surface area contributed by atoms with Crippen LogP contribution in [0.15, 0.2) is 60.7 Å². The number of anilines is 1. The maximum Gasteiger partial charge on any atom is 0.223 e. The second kappa shape index (κ2) is 9.90. The Morgan fingerprint density at radius 1 is 0.971 bits per heavy atom. The molecule has 0 unspecified atom stereocenters. The van der Waals surface area contributed by atoms with Gasteiger partial charge >= 0.3 is 0 Å². The molecule has 0 atom stereocenters. The second-order valence-corrected chi connectivity index (χ2v) is 9.57. The van der Waals surface area contributed by atoms with Crippen LogP contribution in [0.4, 0.5) is 5.82 Å². The van der Waals surface area contributed by atoms with Gasteiger partial charge in [-0.1, -0.05) is 61.0 Å². The Hall–Kier alpha value is -3.67. The van der Waals surface area contributed by atoms with E-state index in [0.29, 0.717) is 6.54 Å². The number of aryl methyl sites for hydroxylation is 3. The van der Waals surface area contributed by atoms with Crippen LogP contribution in [0.1, 0.15) is 42.1 Å². The molecule has 6 heteroatoms. The monoisotopic (exact) mass is 467 g/mol. The summed E-state index contributed by atoms with van der Waals surface area (Å²) in [4.78, 5) is 19.9. The van der Waals surface area contributed by atoms with Crippen molar-refractivity contribution in [1.29, 1.82) is 0 Å². The third-order valence-electron chi connectivity index (χ3n) is 6.97. The summed E-state index contributed by atoms with van der Waals surface area (Å²) in [5.41, 5.74) is 7.52. The summed E-state index contributed by atoms with van der Waals surface area (Å²) < 4.78 is 1.95. The zero-order chi connectivity index (χ0) is 24.4. The number of rotatable bonds is 6. The number of carbonyl (C=O) groups is 1. The van der Waals surface area contributed by atoms with Gasteiger partial charge < -0.3 is 10.2 Å². The highest BCUT2D eigenvalue weighted by atomic mass is 16.1. The van der Waals surface area contributed by atoms with E-state index < -0.39 is 0 Å². The maximum atomic E-state index is 12.8. The van der Waals surface area contributed by atoms with Gasteiger partial charge in [-0.2, -0.15) is 9.61 Å². The lowest BCUT2D eigenvalue weighted by atomic mass is 9.95. The Labute approximate surface area is 207 Å². The standard InChI is InChI=1S/C29H33N5O/c1-4-22-7-9-23(10-8-22)19-30-29(35)25-13-15-33(16-14-25)28-17-21(3)31-27-18-26(32-34(27)28)24-11-5-20(2)6-12-24/h5-12,17-18,25H,4,13-16,19H2,1-3H3,(H,30,35). The first-order valence-electron chi connectivity index (χ1n) is 12.5. The number of amides is 1. The molecule has 0 bridgehead atoms. The van der Waals surface area contributed by atoms with Gasteiger partial charge in [0.1, 0.15) is 5.82 Å². The number of aromatic nitrogens is 3. The lowest BCUT2D eigenvalue weighted by Gasteiger charge is -2.33. The molecule has 3 heterocycles. The summed E-state index contributed by atoms with van der Waals surface area (Å²) in [7, 11) is 0. The number of piperidine rings is 1. The van der Waals surface area contributed by atoms with Crippen LogP contribution in [0.2, 0.25) is 0 Å².